The summed E-state index contributed by atoms with van der Waals surface area (Å²) in [6, 6.07) is 9.94. The van der Waals surface area contributed by atoms with E-state index in [1.807, 2.05) is 26.8 Å². The SMILES string of the molecule is Cc1ccc(C)c(N(CC(=O)N(Cc2ccc(F)cc2)[C@@H](C)C(=O)NC(C)C)S(=O)(=O)N(C)C)c1. The van der Waals surface area contributed by atoms with E-state index in [9.17, 15) is 22.4 Å². The summed E-state index contributed by atoms with van der Waals surface area (Å²) < 4.78 is 42.0. The molecule has 2 rings (SSSR count). The van der Waals surface area contributed by atoms with Gasteiger partial charge in [0.25, 0.3) is 0 Å². The molecule has 2 aromatic carbocycles. The van der Waals surface area contributed by atoms with E-state index in [2.05, 4.69) is 5.32 Å². The zero-order chi connectivity index (χ0) is 26.5. The maximum Gasteiger partial charge on any atom is 0.304 e. The monoisotopic (exact) mass is 506 g/mol. The van der Waals surface area contributed by atoms with E-state index in [0.29, 0.717) is 16.8 Å². The number of hydrogen-bond acceptors (Lipinski definition) is 4. The van der Waals surface area contributed by atoms with Gasteiger partial charge in [0.05, 0.1) is 5.69 Å². The zero-order valence-electron chi connectivity index (χ0n) is 21.4. The predicted molar refractivity (Wildman–Crippen MR) is 136 cm³/mol. The molecule has 1 N–H and O–H groups in total. The molecule has 0 radical (unpaired) electrons. The quantitative estimate of drug-likeness (QED) is 0.537. The van der Waals surface area contributed by atoms with Crippen molar-refractivity contribution in [1.82, 2.24) is 14.5 Å². The van der Waals surface area contributed by atoms with E-state index in [0.717, 1.165) is 14.2 Å². The van der Waals surface area contributed by atoms with E-state index in [1.165, 1.54) is 43.3 Å². The Hall–Kier alpha value is -2.98. The van der Waals surface area contributed by atoms with Gasteiger partial charge in [-0.05, 0) is 69.5 Å². The fourth-order valence-corrected chi connectivity index (χ4v) is 4.58. The summed E-state index contributed by atoms with van der Waals surface area (Å²) in [5, 5.41) is 2.79. The standard InChI is InChI=1S/C25H35FN4O4S/c1-17(2)27-25(32)20(5)29(15-21-10-12-22(26)13-11-21)24(31)16-30(35(33,34)28(6)7)23-14-18(3)8-9-19(23)4/h8-14,17,20H,15-16H2,1-7H3,(H,27,32)/t20-/m0/s1. The Bertz CT molecular complexity index is 1150. The van der Waals surface area contributed by atoms with Crippen molar-refractivity contribution >= 4 is 27.7 Å². The van der Waals surface area contributed by atoms with Gasteiger partial charge in [0.15, 0.2) is 0 Å². The Morgan fingerprint density at radius 3 is 2.14 bits per heavy atom. The lowest BCUT2D eigenvalue weighted by molar-refractivity contribution is -0.139. The van der Waals surface area contributed by atoms with Crippen LogP contribution in [0.1, 0.15) is 37.5 Å². The van der Waals surface area contributed by atoms with Crippen LogP contribution in [-0.2, 0) is 26.3 Å². The van der Waals surface area contributed by atoms with Crippen molar-refractivity contribution in [3.63, 3.8) is 0 Å². The molecule has 0 saturated heterocycles. The van der Waals surface area contributed by atoms with Gasteiger partial charge in [-0.1, -0.05) is 24.3 Å². The molecule has 192 valence electrons. The molecular weight excluding hydrogens is 471 g/mol. The fraction of sp³-hybridized carbons (Fsp3) is 0.440. The van der Waals surface area contributed by atoms with E-state index in [1.54, 1.807) is 26.0 Å². The van der Waals surface area contributed by atoms with Crippen LogP contribution in [0.4, 0.5) is 10.1 Å². The molecule has 0 aliphatic heterocycles. The molecule has 2 aromatic rings. The van der Waals surface area contributed by atoms with Crippen molar-refractivity contribution < 1.29 is 22.4 Å². The molecule has 0 aliphatic rings. The van der Waals surface area contributed by atoms with Crippen LogP contribution in [0.2, 0.25) is 0 Å². The summed E-state index contributed by atoms with van der Waals surface area (Å²) in [5.41, 5.74) is 2.51. The largest absolute Gasteiger partial charge is 0.352 e. The van der Waals surface area contributed by atoms with Crippen LogP contribution in [-0.4, -0.2) is 62.2 Å². The highest BCUT2D eigenvalue weighted by Gasteiger charge is 2.33. The van der Waals surface area contributed by atoms with Crippen molar-refractivity contribution in [2.24, 2.45) is 0 Å². The highest BCUT2D eigenvalue weighted by molar-refractivity contribution is 7.90. The number of carbonyl (C=O) groups is 2. The first-order valence-electron chi connectivity index (χ1n) is 11.4. The Labute approximate surface area is 207 Å². The predicted octanol–water partition coefficient (Wildman–Crippen LogP) is 3.00. The average molecular weight is 507 g/mol. The zero-order valence-corrected chi connectivity index (χ0v) is 22.2. The third-order valence-electron chi connectivity index (χ3n) is 5.52. The van der Waals surface area contributed by atoms with E-state index in [4.69, 9.17) is 0 Å². The Kier molecular flexibility index (Phi) is 9.39. The van der Waals surface area contributed by atoms with Gasteiger partial charge in [-0.3, -0.25) is 9.59 Å². The van der Waals surface area contributed by atoms with Crippen LogP contribution in [0.15, 0.2) is 42.5 Å². The smallest absolute Gasteiger partial charge is 0.304 e. The van der Waals surface area contributed by atoms with E-state index < -0.39 is 34.5 Å². The van der Waals surface area contributed by atoms with Gasteiger partial charge in [-0.25, -0.2) is 8.70 Å². The minimum Gasteiger partial charge on any atom is -0.352 e. The Balaban J connectivity index is 2.50. The molecule has 0 fully saturated rings. The molecule has 0 aliphatic carbocycles. The molecule has 0 unspecified atom stereocenters. The van der Waals surface area contributed by atoms with E-state index in [-0.39, 0.29) is 18.5 Å². The third kappa shape index (κ3) is 7.25. The number of carbonyl (C=O) groups excluding carboxylic acids is 2. The lowest BCUT2D eigenvalue weighted by atomic mass is 10.1. The van der Waals surface area contributed by atoms with Crippen molar-refractivity contribution in [3.8, 4) is 0 Å². The summed E-state index contributed by atoms with van der Waals surface area (Å²) in [6.45, 7) is 8.31. The van der Waals surface area contributed by atoms with Gasteiger partial charge in [0.2, 0.25) is 11.8 Å². The fourth-order valence-electron chi connectivity index (χ4n) is 3.46. The van der Waals surface area contributed by atoms with E-state index >= 15 is 0 Å². The number of benzene rings is 2. The second-order valence-corrected chi connectivity index (χ2v) is 11.1. The average Bonchev–Trinajstić information content (AvgIpc) is 2.77. The van der Waals surface area contributed by atoms with Crippen LogP contribution in [0, 0.1) is 19.7 Å². The van der Waals surface area contributed by atoms with Gasteiger partial charge in [0, 0.05) is 26.7 Å². The molecule has 10 heteroatoms. The number of rotatable bonds is 10. The summed E-state index contributed by atoms with van der Waals surface area (Å²) in [4.78, 5) is 27.8. The number of nitrogens with one attached hydrogen (secondary N) is 1. The van der Waals surface area contributed by atoms with Crippen LogP contribution in [0.25, 0.3) is 0 Å². The number of amides is 2. The van der Waals surface area contributed by atoms with Crippen molar-refractivity contribution in [2.45, 2.75) is 53.2 Å². The first-order valence-corrected chi connectivity index (χ1v) is 12.8. The number of nitrogens with zero attached hydrogens (tertiary/aromatic N) is 3. The molecule has 0 spiro atoms. The maximum atomic E-state index is 13.6. The lowest BCUT2D eigenvalue weighted by Gasteiger charge is -2.33. The van der Waals surface area contributed by atoms with Crippen molar-refractivity contribution in [3.05, 3.63) is 65.0 Å². The Morgan fingerprint density at radius 2 is 1.60 bits per heavy atom. The third-order valence-corrected chi connectivity index (χ3v) is 7.32. The second kappa shape index (κ2) is 11.6. The van der Waals surface area contributed by atoms with Crippen LogP contribution >= 0.6 is 0 Å². The normalized spacial score (nSPS) is 12.5. The van der Waals surface area contributed by atoms with Gasteiger partial charge >= 0.3 is 10.2 Å². The summed E-state index contributed by atoms with van der Waals surface area (Å²) >= 11 is 0. The van der Waals surface area contributed by atoms with Gasteiger partial charge in [-0.2, -0.15) is 12.7 Å². The molecule has 0 aromatic heterocycles. The highest BCUT2D eigenvalue weighted by Crippen LogP contribution is 2.26. The maximum absolute atomic E-state index is 13.6. The molecule has 2 amide bonds. The first-order chi connectivity index (χ1) is 16.2. The number of aryl methyl sites for hydroxylation is 2. The molecule has 0 saturated carbocycles. The summed E-state index contributed by atoms with van der Waals surface area (Å²) in [6.07, 6.45) is 0. The molecular formula is C25H35FN4O4S. The van der Waals surface area contributed by atoms with Crippen LogP contribution < -0.4 is 9.62 Å². The minimum absolute atomic E-state index is 0.00838. The molecule has 0 heterocycles. The minimum atomic E-state index is -4.03. The molecule has 0 bridgehead atoms. The van der Waals surface area contributed by atoms with Gasteiger partial charge in [0.1, 0.15) is 18.4 Å². The van der Waals surface area contributed by atoms with Crippen molar-refractivity contribution in [1.29, 1.82) is 0 Å². The van der Waals surface area contributed by atoms with Gasteiger partial charge < -0.3 is 10.2 Å². The van der Waals surface area contributed by atoms with Crippen LogP contribution in [0.3, 0.4) is 0 Å². The molecule has 8 nitrogen and oxygen atoms in total. The topological polar surface area (TPSA) is 90.0 Å². The highest BCUT2D eigenvalue weighted by atomic mass is 32.2. The number of anilines is 1. The Morgan fingerprint density at radius 1 is 1.00 bits per heavy atom. The van der Waals surface area contributed by atoms with Gasteiger partial charge in [-0.15, -0.1) is 0 Å². The first kappa shape index (κ1) is 28.3. The summed E-state index contributed by atoms with van der Waals surface area (Å²) in [5.74, 6) is -1.35. The number of halogens is 1. The molecule has 35 heavy (non-hydrogen) atoms. The lowest BCUT2D eigenvalue weighted by Crippen LogP contribution is -2.53. The van der Waals surface area contributed by atoms with Crippen LogP contribution in [0.5, 0.6) is 0 Å². The summed E-state index contributed by atoms with van der Waals surface area (Å²) in [7, 11) is -1.24. The number of hydrogen-bond donors (Lipinski definition) is 1. The van der Waals surface area contributed by atoms with Crippen molar-refractivity contribution in [2.75, 3.05) is 24.9 Å². The second-order valence-electron chi connectivity index (χ2n) is 9.07. The molecule has 1 atom stereocenters.